The predicted molar refractivity (Wildman–Crippen MR) is 76.3 cm³/mol. The van der Waals surface area contributed by atoms with Gasteiger partial charge in [0.2, 0.25) is 0 Å². The number of hydrogen-bond acceptors (Lipinski definition) is 2. The molecule has 1 aliphatic rings. The summed E-state index contributed by atoms with van der Waals surface area (Å²) in [7, 11) is 0. The van der Waals surface area contributed by atoms with E-state index in [1.807, 2.05) is 0 Å². The molecule has 1 saturated carbocycles. The molecule has 0 aliphatic heterocycles. The maximum absolute atomic E-state index is 6.18. The lowest BCUT2D eigenvalue weighted by Crippen LogP contribution is -2.54. The van der Waals surface area contributed by atoms with Crippen molar-refractivity contribution in [2.75, 3.05) is 19.6 Å². The Morgan fingerprint density at radius 3 is 1.76 bits per heavy atom. The first-order chi connectivity index (χ1) is 8.29. The molecule has 0 unspecified atom stereocenters. The molecule has 1 fully saturated rings. The normalized spacial score (nSPS) is 21.2. The number of rotatable bonds is 6. The smallest absolute Gasteiger partial charge is 0.0331 e. The maximum atomic E-state index is 6.18. The number of nitrogens with zero attached hydrogens (tertiary/aromatic N) is 1. The molecule has 17 heavy (non-hydrogen) atoms. The minimum atomic E-state index is 0.326. The highest BCUT2D eigenvalue weighted by Gasteiger charge is 2.34. The zero-order valence-corrected chi connectivity index (χ0v) is 12.0. The van der Waals surface area contributed by atoms with Gasteiger partial charge in [-0.2, -0.15) is 0 Å². The maximum Gasteiger partial charge on any atom is 0.0331 e. The molecule has 1 aliphatic carbocycles. The molecule has 0 radical (unpaired) electrons. The first-order valence-electron chi connectivity index (χ1n) is 7.74. The summed E-state index contributed by atoms with van der Waals surface area (Å²) in [5.74, 6) is 0. The van der Waals surface area contributed by atoms with Crippen molar-refractivity contribution in [3.05, 3.63) is 0 Å². The standard InChI is InChI=1S/C15H32N2/c1-3-12-17(13-4-2)15(14-16)10-8-6-5-7-9-11-15/h3-14,16H2,1-2H3. The fourth-order valence-electron chi connectivity index (χ4n) is 3.34. The van der Waals surface area contributed by atoms with Gasteiger partial charge in [-0.25, -0.2) is 0 Å². The van der Waals surface area contributed by atoms with E-state index in [0.717, 1.165) is 6.54 Å². The molecule has 102 valence electrons. The molecule has 0 aromatic rings. The summed E-state index contributed by atoms with van der Waals surface area (Å²) in [5, 5.41) is 0. The van der Waals surface area contributed by atoms with E-state index >= 15 is 0 Å². The van der Waals surface area contributed by atoms with Gasteiger partial charge in [-0.05, 0) is 38.8 Å². The van der Waals surface area contributed by atoms with Crippen LogP contribution in [0.5, 0.6) is 0 Å². The van der Waals surface area contributed by atoms with E-state index < -0.39 is 0 Å². The molecule has 1 rings (SSSR count). The zero-order chi connectivity index (χ0) is 12.6. The lowest BCUT2D eigenvalue weighted by atomic mass is 9.82. The van der Waals surface area contributed by atoms with Crippen LogP contribution in [0.15, 0.2) is 0 Å². The lowest BCUT2D eigenvalue weighted by Gasteiger charge is -2.45. The minimum absolute atomic E-state index is 0.326. The van der Waals surface area contributed by atoms with Gasteiger partial charge in [0.15, 0.2) is 0 Å². The van der Waals surface area contributed by atoms with E-state index in [-0.39, 0.29) is 0 Å². The SMILES string of the molecule is CCCN(CCC)C1(CN)CCCCCCC1. The van der Waals surface area contributed by atoms with Gasteiger partial charge < -0.3 is 5.73 Å². The van der Waals surface area contributed by atoms with Crippen LogP contribution >= 0.6 is 0 Å². The van der Waals surface area contributed by atoms with Crippen molar-refractivity contribution in [3.63, 3.8) is 0 Å². The minimum Gasteiger partial charge on any atom is -0.329 e. The number of hydrogen-bond donors (Lipinski definition) is 1. The van der Waals surface area contributed by atoms with E-state index in [9.17, 15) is 0 Å². The Hall–Kier alpha value is -0.0800. The monoisotopic (exact) mass is 240 g/mol. The molecule has 0 aromatic carbocycles. The third-order valence-electron chi connectivity index (χ3n) is 4.32. The predicted octanol–water partition coefficient (Wildman–Crippen LogP) is 3.55. The molecule has 0 heterocycles. The highest BCUT2D eigenvalue weighted by Crippen LogP contribution is 2.31. The summed E-state index contributed by atoms with van der Waals surface area (Å²) < 4.78 is 0. The lowest BCUT2D eigenvalue weighted by molar-refractivity contribution is 0.0664. The van der Waals surface area contributed by atoms with Crippen molar-refractivity contribution >= 4 is 0 Å². The van der Waals surface area contributed by atoms with Crippen LogP contribution in [0.1, 0.15) is 71.6 Å². The van der Waals surface area contributed by atoms with Gasteiger partial charge >= 0.3 is 0 Å². The van der Waals surface area contributed by atoms with Crippen LogP contribution in [0.25, 0.3) is 0 Å². The van der Waals surface area contributed by atoms with Crippen molar-refractivity contribution in [1.82, 2.24) is 4.90 Å². The summed E-state index contributed by atoms with van der Waals surface area (Å²) in [6, 6.07) is 0. The molecular weight excluding hydrogens is 208 g/mol. The second-order valence-corrected chi connectivity index (χ2v) is 5.68. The van der Waals surface area contributed by atoms with E-state index in [1.54, 1.807) is 0 Å². The molecular formula is C15H32N2. The summed E-state index contributed by atoms with van der Waals surface area (Å²) in [4.78, 5) is 2.71. The van der Waals surface area contributed by atoms with Crippen LogP contribution < -0.4 is 5.73 Å². The second-order valence-electron chi connectivity index (χ2n) is 5.68. The Kier molecular flexibility index (Phi) is 7.14. The summed E-state index contributed by atoms with van der Waals surface area (Å²) in [6.45, 7) is 7.88. The van der Waals surface area contributed by atoms with Crippen LogP contribution in [-0.4, -0.2) is 30.1 Å². The average molecular weight is 240 g/mol. The van der Waals surface area contributed by atoms with Gasteiger partial charge in [-0.15, -0.1) is 0 Å². The third-order valence-corrected chi connectivity index (χ3v) is 4.32. The third kappa shape index (κ3) is 4.26. The van der Waals surface area contributed by atoms with E-state index in [0.29, 0.717) is 5.54 Å². The van der Waals surface area contributed by atoms with Crippen LogP contribution in [0.3, 0.4) is 0 Å². The van der Waals surface area contributed by atoms with E-state index in [1.165, 1.54) is 70.9 Å². The molecule has 2 N–H and O–H groups in total. The molecule has 2 nitrogen and oxygen atoms in total. The quantitative estimate of drug-likeness (QED) is 0.769. The van der Waals surface area contributed by atoms with E-state index in [2.05, 4.69) is 18.7 Å². The Morgan fingerprint density at radius 2 is 1.35 bits per heavy atom. The molecule has 0 amide bonds. The summed E-state index contributed by atoms with van der Waals surface area (Å²) in [6.07, 6.45) is 12.2. The Labute approximate surface area is 108 Å². The van der Waals surface area contributed by atoms with Gasteiger partial charge in [-0.3, -0.25) is 4.90 Å². The van der Waals surface area contributed by atoms with Gasteiger partial charge in [0.05, 0.1) is 0 Å². The molecule has 0 saturated heterocycles. The molecule has 0 spiro atoms. The van der Waals surface area contributed by atoms with Crippen molar-refractivity contribution in [2.24, 2.45) is 5.73 Å². The summed E-state index contributed by atoms with van der Waals surface area (Å²) in [5.41, 5.74) is 6.50. The van der Waals surface area contributed by atoms with Crippen molar-refractivity contribution in [1.29, 1.82) is 0 Å². The van der Waals surface area contributed by atoms with Gasteiger partial charge in [-0.1, -0.05) is 46.0 Å². The fourth-order valence-corrected chi connectivity index (χ4v) is 3.34. The second kappa shape index (κ2) is 8.10. The first-order valence-corrected chi connectivity index (χ1v) is 7.74. The highest BCUT2D eigenvalue weighted by atomic mass is 15.2. The van der Waals surface area contributed by atoms with Gasteiger partial charge in [0, 0.05) is 12.1 Å². The van der Waals surface area contributed by atoms with Crippen LogP contribution in [0.2, 0.25) is 0 Å². The Morgan fingerprint density at radius 1 is 0.882 bits per heavy atom. The molecule has 0 atom stereocenters. The molecule has 2 heteroatoms. The van der Waals surface area contributed by atoms with Crippen molar-refractivity contribution < 1.29 is 0 Å². The zero-order valence-electron chi connectivity index (χ0n) is 12.0. The average Bonchev–Trinajstić information content (AvgIpc) is 2.30. The van der Waals surface area contributed by atoms with Gasteiger partial charge in [0.25, 0.3) is 0 Å². The first kappa shape index (κ1) is 15.0. The fraction of sp³-hybridized carbons (Fsp3) is 1.00. The van der Waals surface area contributed by atoms with Crippen LogP contribution in [0.4, 0.5) is 0 Å². The van der Waals surface area contributed by atoms with Gasteiger partial charge in [0.1, 0.15) is 0 Å². The van der Waals surface area contributed by atoms with Crippen molar-refractivity contribution in [2.45, 2.75) is 77.2 Å². The van der Waals surface area contributed by atoms with E-state index in [4.69, 9.17) is 5.73 Å². The Bertz CT molecular complexity index is 177. The van der Waals surface area contributed by atoms with Crippen molar-refractivity contribution in [3.8, 4) is 0 Å². The molecule has 0 bridgehead atoms. The summed E-state index contributed by atoms with van der Waals surface area (Å²) >= 11 is 0. The topological polar surface area (TPSA) is 29.3 Å². The highest BCUT2D eigenvalue weighted by molar-refractivity contribution is 4.92. The van der Waals surface area contributed by atoms with Crippen LogP contribution in [-0.2, 0) is 0 Å². The molecule has 0 aromatic heterocycles. The Balaban J connectivity index is 2.71. The van der Waals surface area contributed by atoms with Crippen LogP contribution in [0, 0.1) is 0 Å². The number of nitrogens with two attached hydrogens (primary N) is 1. The largest absolute Gasteiger partial charge is 0.329 e.